The zero-order valence-electron chi connectivity index (χ0n) is 9.82. The maximum atomic E-state index is 12.9. The lowest BCUT2D eigenvalue weighted by Gasteiger charge is -2.21. The molecule has 17 heavy (non-hydrogen) atoms. The fourth-order valence-electron chi connectivity index (χ4n) is 2.38. The molecule has 1 saturated carbocycles. The minimum atomic E-state index is -1.09. The van der Waals surface area contributed by atoms with Crippen molar-refractivity contribution in [2.45, 2.75) is 37.0 Å². The van der Waals surface area contributed by atoms with E-state index in [0.29, 0.717) is 22.3 Å². The van der Waals surface area contributed by atoms with Crippen molar-refractivity contribution in [1.82, 2.24) is 0 Å². The van der Waals surface area contributed by atoms with Crippen LogP contribution < -0.4 is 5.73 Å². The number of hydrogen-bond donors (Lipinski definition) is 1. The van der Waals surface area contributed by atoms with Gasteiger partial charge in [0.25, 0.3) is 0 Å². The van der Waals surface area contributed by atoms with Crippen LogP contribution >= 0.6 is 0 Å². The monoisotopic (exact) mass is 255 g/mol. The number of rotatable bonds is 3. The third-order valence-electron chi connectivity index (χ3n) is 3.33. The first kappa shape index (κ1) is 12.6. The van der Waals surface area contributed by atoms with Crippen molar-refractivity contribution >= 4 is 16.5 Å². The van der Waals surface area contributed by atoms with E-state index in [1.54, 1.807) is 6.07 Å². The van der Waals surface area contributed by atoms with E-state index in [1.165, 1.54) is 31.4 Å². The molecule has 0 radical (unpaired) electrons. The van der Waals surface area contributed by atoms with Gasteiger partial charge in [-0.05, 0) is 37.0 Å². The molecule has 1 aromatic rings. The second-order valence-electron chi connectivity index (χ2n) is 4.70. The highest BCUT2D eigenvalue weighted by Gasteiger charge is 2.18. The zero-order chi connectivity index (χ0) is 12.3. The molecule has 0 saturated heterocycles. The molecule has 94 valence electrons. The summed E-state index contributed by atoms with van der Waals surface area (Å²) in [6.45, 7) is 0. The Morgan fingerprint density at radius 2 is 2.00 bits per heavy atom. The zero-order valence-corrected chi connectivity index (χ0v) is 10.6. The molecule has 0 spiro atoms. The topological polar surface area (TPSA) is 43.1 Å². The summed E-state index contributed by atoms with van der Waals surface area (Å²) < 4.78 is 25.0. The first-order valence-corrected chi connectivity index (χ1v) is 7.42. The molecule has 1 atom stereocenters. The fourth-order valence-corrected chi connectivity index (χ4v) is 3.87. The summed E-state index contributed by atoms with van der Waals surface area (Å²) in [4.78, 5) is 0.581. The Labute approximate surface area is 104 Å². The molecular formula is C13H18FNOS. The van der Waals surface area contributed by atoms with Gasteiger partial charge in [-0.2, -0.15) is 0 Å². The summed E-state index contributed by atoms with van der Waals surface area (Å²) >= 11 is 0. The molecule has 1 fully saturated rings. The lowest BCUT2D eigenvalue weighted by atomic mass is 9.91. The van der Waals surface area contributed by atoms with Gasteiger partial charge >= 0.3 is 0 Å². The van der Waals surface area contributed by atoms with E-state index >= 15 is 0 Å². The van der Waals surface area contributed by atoms with Gasteiger partial charge in [0.15, 0.2) is 0 Å². The molecule has 1 aromatic carbocycles. The number of hydrogen-bond acceptors (Lipinski definition) is 2. The maximum absolute atomic E-state index is 12.9. The van der Waals surface area contributed by atoms with Gasteiger partial charge in [-0.15, -0.1) is 0 Å². The second-order valence-corrected chi connectivity index (χ2v) is 6.16. The highest BCUT2D eigenvalue weighted by molar-refractivity contribution is 7.85. The van der Waals surface area contributed by atoms with Gasteiger partial charge in [-0.25, -0.2) is 4.39 Å². The van der Waals surface area contributed by atoms with Crippen LogP contribution in [0.15, 0.2) is 23.1 Å². The van der Waals surface area contributed by atoms with Crippen molar-refractivity contribution < 1.29 is 8.60 Å². The van der Waals surface area contributed by atoms with Crippen molar-refractivity contribution in [3.63, 3.8) is 0 Å². The highest BCUT2D eigenvalue weighted by atomic mass is 32.2. The summed E-state index contributed by atoms with van der Waals surface area (Å²) in [5, 5.41) is 0. The van der Waals surface area contributed by atoms with Crippen molar-refractivity contribution in [2.75, 3.05) is 11.5 Å². The number of nitrogens with two attached hydrogens (primary N) is 1. The van der Waals surface area contributed by atoms with Crippen LogP contribution in [-0.2, 0) is 10.8 Å². The molecule has 1 aliphatic rings. The van der Waals surface area contributed by atoms with E-state index in [0.717, 1.165) is 12.8 Å². The van der Waals surface area contributed by atoms with Crippen molar-refractivity contribution in [3.05, 3.63) is 24.0 Å². The molecule has 2 nitrogen and oxygen atoms in total. The Balaban J connectivity index is 2.03. The van der Waals surface area contributed by atoms with Crippen LogP contribution in [0.2, 0.25) is 0 Å². The first-order valence-electron chi connectivity index (χ1n) is 6.10. The van der Waals surface area contributed by atoms with E-state index in [1.807, 2.05) is 0 Å². The average molecular weight is 255 g/mol. The normalized spacial score (nSPS) is 19.1. The minimum Gasteiger partial charge on any atom is -0.398 e. The SMILES string of the molecule is Nc1cc(F)ccc1S(=O)CC1CCCCC1. The van der Waals surface area contributed by atoms with Crippen LogP contribution in [0.3, 0.4) is 0 Å². The van der Waals surface area contributed by atoms with Crippen LogP contribution in [0.4, 0.5) is 10.1 Å². The first-order chi connectivity index (χ1) is 8.16. The quantitative estimate of drug-likeness (QED) is 0.843. The lowest BCUT2D eigenvalue weighted by molar-refractivity contribution is 0.388. The number of benzene rings is 1. The van der Waals surface area contributed by atoms with Gasteiger partial charge < -0.3 is 5.73 Å². The Bertz CT molecular complexity index is 416. The van der Waals surface area contributed by atoms with E-state index in [4.69, 9.17) is 5.73 Å². The number of anilines is 1. The van der Waals surface area contributed by atoms with Crippen molar-refractivity contribution in [1.29, 1.82) is 0 Å². The second kappa shape index (κ2) is 5.63. The van der Waals surface area contributed by atoms with Crippen LogP contribution in [0, 0.1) is 11.7 Å². The van der Waals surface area contributed by atoms with E-state index in [-0.39, 0.29) is 5.82 Å². The standard InChI is InChI=1S/C13H18FNOS/c14-11-6-7-13(12(15)8-11)17(16)9-10-4-2-1-3-5-10/h6-8,10H,1-5,9,15H2. The summed E-state index contributed by atoms with van der Waals surface area (Å²) in [6.07, 6.45) is 6.09. The van der Waals surface area contributed by atoms with Gasteiger partial charge in [0.05, 0.1) is 21.4 Å². The molecule has 2 rings (SSSR count). The van der Waals surface area contributed by atoms with E-state index in [9.17, 15) is 8.60 Å². The van der Waals surface area contributed by atoms with Gasteiger partial charge in [0.1, 0.15) is 5.82 Å². The maximum Gasteiger partial charge on any atom is 0.125 e. The Morgan fingerprint density at radius 1 is 1.29 bits per heavy atom. The third kappa shape index (κ3) is 3.28. The molecule has 0 aromatic heterocycles. The summed E-state index contributed by atoms with van der Waals surface area (Å²) in [5.41, 5.74) is 6.00. The molecular weight excluding hydrogens is 237 g/mol. The Morgan fingerprint density at radius 3 is 2.65 bits per heavy atom. The minimum absolute atomic E-state index is 0.305. The summed E-state index contributed by atoms with van der Waals surface area (Å²) in [6, 6.07) is 4.11. The molecule has 4 heteroatoms. The lowest BCUT2D eigenvalue weighted by Crippen LogP contribution is -2.15. The summed E-state index contributed by atoms with van der Waals surface area (Å²) in [5.74, 6) is 0.825. The van der Waals surface area contributed by atoms with Crippen LogP contribution in [0.25, 0.3) is 0 Å². The third-order valence-corrected chi connectivity index (χ3v) is 4.97. The van der Waals surface area contributed by atoms with Crippen LogP contribution in [0.5, 0.6) is 0 Å². The molecule has 1 aliphatic carbocycles. The molecule has 1 unspecified atom stereocenters. The van der Waals surface area contributed by atoms with E-state index < -0.39 is 10.8 Å². The number of halogens is 1. The summed E-state index contributed by atoms with van der Waals surface area (Å²) in [7, 11) is -1.09. The predicted molar refractivity (Wildman–Crippen MR) is 68.7 cm³/mol. The van der Waals surface area contributed by atoms with Gasteiger partial charge in [-0.1, -0.05) is 19.3 Å². The van der Waals surface area contributed by atoms with Crippen molar-refractivity contribution in [3.8, 4) is 0 Å². The largest absolute Gasteiger partial charge is 0.398 e. The molecule has 0 heterocycles. The van der Waals surface area contributed by atoms with E-state index in [2.05, 4.69) is 0 Å². The smallest absolute Gasteiger partial charge is 0.125 e. The van der Waals surface area contributed by atoms with Crippen LogP contribution in [0.1, 0.15) is 32.1 Å². The van der Waals surface area contributed by atoms with Gasteiger partial charge in [0.2, 0.25) is 0 Å². The fraction of sp³-hybridized carbons (Fsp3) is 0.538. The predicted octanol–water partition coefficient (Wildman–Crippen LogP) is 3.10. The molecule has 0 bridgehead atoms. The molecule has 0 aliphatic heterocycles. The van der Waals surface area contributed by atoms with Crippen molar-refractivity contribution in [2.24, 2.45) is 5.92 Å². The number of nitrogen functional groups attached to an aromatic ring is 1. The van der Waals surface area contributed by atoms with Gasteiger partial charge in [-0.3, -0.25) is 4.21 Å². The average Bonchev–Trinajstić information content (AvgIpc) is 2.30. The molecule has 2 N–H and O–H groups in total. The Kier molecular flexibility index (Phi) is 4.15. The Hall–Kier alpha value is -0.900. The highest BCUT2D eigenvalue weighted by Crippen LogP contribution is 2.27. The molecule has 0 amide bonds. The van der Waals surface area contributed by atoms with Gasteiger partial charge in [0, 0.05) is 5.75 Å². The van der Waals surface area contributed by atoms with Crippen LogP contribution in [-0.4, -0.2) is 9.96 Å².